The van der Waals surface area contributed by atoms with E-state index in [0.717, 1.165) is 12.8 Å². The number of hydrogen-bond acceptors (Lipinski definition) is 5. The lowest BCUT2D eigenvalue weighted by Crippen LogP contribution is -2.14. The molecule has 0 unspecified atom stereocenters. The Labute approximate surface area is 118 Å². The van der Waals surface area contributed by atoms with E-state index in [4.69, 9.17) is 27.6 Å². The van der Waals surface area contributed by atoms with Gasteiger partial charge in [0.1, 0.15) is 10.8 Å². The lowest BCUT2D eigenvalue weighted by atomic mass is 10.3. The fourth-order valence-corrected chi connectivity index (χ4v) is 1.85. The summed E-state index contributed by atoms with van der Waals surface area (Å²) in [6.07, 6.45) is 2.08. The molecule has 0 saturated heterocycles. The molecule has 1 saturated carbocycles. The van der Waals surface area contributed by atoms with Crippen LogP contribution < -0.4 is 5.32 Å². The lowest BCUT2D eigenvalue weighted by Gasteiger charge is -2.02. The van der Waals surface area contributed by atoms with Crippen molar-refractivity contribution >= 4 is 35.1 Å². The van der Waals surface area contributed by atoms with E-state index in [9.17, 15) is 4.79 Å². The largest absolute Gasteiger partial charge is 0.408 e. The normalized spacial score (nSPS) is 14.4. The van der Waals surface area contributed by atoms with Crippen LogP contribution in [0.15, 0.2) is 16.5 Å². The van der Waals surface area contributed by atoms with Crippen molar-refractivity contribution in [3.63, 3.8) is 0 Å². The second-order valence-electron chi connectivity index (χ2n) is 4.14. The standard InChI is InChI=1S/C11H8Cl2N4O2/c12-6-3-4-7(13)14-8(6)9(18)15-11-17-16-10(19-11)5-1-2-5/h3-5H,1-2H2,(H,15,17,18). The van der Waals surface area contributed by atoms with Crippen LogP contribution in [-0.4, -0.2) is 21.1 Å². The van der Waals surface area contributed by atoms with E-state index >= 15 is 0 Å². The van der Waals surface area contributed by atoms with Crippen molar-refractivity contribution in [2.24, 2.45) is 0 Å². The van der Waals surface area contributed by atoms with Gasteiger partial charge in [-0.2, -0.15) is 0 Å². The molecule has 8 heteroatoms. The summed E-state index contributed by atoms with van der Waals surface area (Å²) < 4.78 is 5.31. The van der Waals surface area contributed by atoms with Crippen LogP contribution in [0.1, 0.15) is 35.1 Å². The van der Waals surface area contributed by atoms with Gasteiger partial charge >= 0.3 is 6.01 Å². The van der Waals surface area contributed by atoms with Crippen LogP contribution in [0.4, 0.5) is 6.01 Å². The average molecular weight is 299 g/mol. The zero-order valence-corrected chi connectivity index (χ0v) is 11.1. The summed E-state index contributed by atoms with van der Waals surface area (Å²) in [5.41, 5.74) is 0.0142. The third kappa shape index (κ3) is 2.69. The van der Waals surface area contributed by atoms with E-state index in [1.807, 2.05) is 0 Å². The van der Waals surface area contributed by atoms with Gasteiger partial charge in [-0.3, -0.25) is 10.1 Å². The molecule has 0 aliphatic heterocycles. The van der Waals surface area contributed by atoms with E-state index < -0.39 is 5.91 Å². The molecule has 19 heavy (non-hydrogen) atoms. The van der Waals surface area contributed by atoms with Crippen LogP contribution >= 0.6 is 23.2 Å². The first-order valence-corrected chi connectivity index (χ1v) is 6.36. The molecule has 1 N–H and O–H groups in total. The SMILES string of the molecule is O=C(Nc1nnc(C2CC2)o1)c1nc(Cl)ccc1Cl. The van der Waals surface area contributed by atoms with Gasteiger partial charge in [0.15, 0.2) is 0 Å². The fourth-order valence-electron chi connectivity index (χ4n) is 1.51. The Balaban J connectivity index is 1.77. The van der Waals surface area contributed by atoms with Gasteiger partial charge in [0, 0.05) is 5.92 Å². The van der Waals surface area contributed by atoms with E-state index in [-0.39, 0.29) is 21.9 Å². The third-order valence-electron chi connectivity index (χ3n) is 2.61. The molecule has 0 spiro atoms. The Hall–Kier alpha value is -1.66. The quantitative estimate of drug-likeness (QED) is 0.881. The number of amides is 1. The van der Waals surface area contributed by atoms with Crippen molar-refractivity contribution in [1.29, 1.82) is 0 Å². The first-order chi connectivity index (χ1) is 9.13. The Morgan fingerprint density at radius 3 is 2.84 bits per heavy atom. The zero-order chi connectivity index (χ0) is 13.4. The Bertz CT molecular complexity index is 639. The minimum atomic E-state index is -0.543. The van der Waals surface area contributed by atoms with Crippen molar-refractivity contribution in [3.8, 4) is 0 Å². The minimum absolute atomic E-state index is 0.0142. The number of halogens is 2. The Morgan fingerprint density at radius 2 is 2.11 bits per heavy atom. The number of nitrogens with zero attached hydrogens (tertiary/aromatic N) is 3. The highest BCUT2D eigenvalue weighted by atomic mass is 35.5. The number of carbonyl (C=O) groups is 1. The van der Waals surface area contributed by atoms with Gasteiger partial charge in [-0.05, 0) is 25.0 Å². The molecule has 2 aromatic rings. The molecule has 1 aliphatic carbocycles. The van der Waals surface area contributed by atoms with E-state index in [0.29, 0.717) is 11.8 Å². The van der Waals surface area contributed by atoms with Crippen LogP contribution in [0.25, 0.3) is 0 Å². The van der Waals surface area contributed by atoms with Crippen molar-refractivity contribution < 1.29 is 9.21 Å². The Morgan fingerprint density at radius 1 is 1.32 bits per heavy atom. The van der Waals surface area contributed by atoms with Gasteiger partial charge in [0.05, 0.1) is 5.02 Å². The minimum Gasteiger partial charge on any atom is -0.408 e. The number of carbonyl (C=O) groups excluding carboxylic acids is 1. The maximum absolute atomic E-state index is 11.9. The smallest absolute Gasteiger partial charge is 0.322 e. The predicted molar refractivity (Wildman–Crippen MR) is 68.5 cm³/mol. The molecular weight excluding hydrogens is 291 g/mol. The monoisotopic (exact) mass is 298 g/mol. The van der Waals surface area contributed by atoms with E-state index in [2.05, 4.69) is 20.5 Å². The highest BCUT2D eigenvalue weighted by molar-refractivity contribution is 6.35. The van der Waals surface area contributed by atoms with Gasteiger partial charge in [-0.1, -0.05) is 28.3 Å². The summed E-state index contributed by atoms with van der Waals surface area (Å²) in [7, 11) is 0. The van der Waals surface area contributed by atoms with Crippen molar-refractivity contribution in [1.82, 2.24) is 15.2 Å². The van der Waals surface area contributed by atoms with Crippen molar-refractivity contribution in [3.05, 3.63) is 33.9 Å². The van der Waals surface area contributed by atoms with Crippen molar-refractivity contribution in [2.75, 3.05) is 5.32 Å². The lowest BCUT2D eigenvalue weighted by molar-refractivity contribution is 0.101. The van der Waals surface area contributed by atoms with Crippen molar-refractivity contribution in [2.45, 2.75) is 18.8 Å². The second kappa shape index (κ2) is 4.79. The molecule has 3 rings (SSSR count). The van der Waals surface area contributed by atoms with Crippen LogP contribution in [-0.2, 0) is 0 Å². The van der Waals surface area contributed by atoms with Crippen LogP contribution in [0.5, 0.6) is 0 Å². The third-order valence-corrected chi connectivity index (χ3v) is 3.13. The Kier molecular flexibility index (Phi) is 3.12. The number of pyridine rings is 1. The number of rotatable bonds is 3. The van der Waals surface area contributed by atoms with Gasteiger partial charge in [-0.15, -0.1) is 5.10 Å². The predicted octanol–water partition coefficient (Wildman–Crippen LogP) is 2.90. The van der Waals surface area contributed by atoms with Crippen LogP contribution in [0.2, 0.25) is 10.2 Å². The molecule has 2 heterocycles. The zero-order valence-electron chi connectivity index (χ0n) is 9.56. The number of anilines is 1. The van der Waals surface area contributed by atoms with Gasteiger partial charge < -0.3 is 4.42 Å². The molecule has 1 aliphatic rings. The molecule has 98 valence electrons. The topological polar surface area (TPSA) is 80.9 Å². The molecule has 0 radical (unpaired) electrons. The highest BCUT2D eigenvalue weighted by Crippen LogP contribution is 2.39. The molecule has 0 aromatic carbocycles. The molecule has 1 amide bonds. The van der Waals surface area contributed by atoms with E-state index in [1.54, 1.807) is 0 Å². The molecular formula is C11H8Cl2N4O2. The summed E-state index contributed by atoms with van der Waals surface area (Å²) in [5, 5.41) is 10.4. The van der Waals surface area contributed by atoms with Crippen LogP contribution in [0.3, 0.4) is 0 Å². The molecule has 0 bridgehead atoms. The summed E-state index contributed by atoms with van der Waals surface area (Å²) in [4.78, 5) is 15.8. The maximum Gasteiger partial charge on any atom is 0.322 e. The van der Waals surface area contributed by atoms with E-state index in [1.165, 1.54) is 12.1 Å². The molecule has 6 nitrogen and oxygen atoms in total. The van der Waals surface area contributed by atoms with Crippen LogP contribution in [0, 0.1) is 0 Å². The van der Waals surface area contributed by atoms with Gasteiger partial charge in [-0.25, -0.2) is 4.98 Å². The number of nitrogens with one attached hydrogen (secondary N) is 1. The second-order valence-corrected chi connectivity index (χ2v) is 4.93. The first kappa shape index (κ1) is 12.4. The molecule has 2 aromatic heterocycles. The summed E-state index contributed by atoms with van der Waals surface area (Å²) >= 11 is 11.6. The average Bonchev–Trinajstić information content (AvgIpc) is 3.13. The maximum atomic E-state index is 11.9. The van der Waals surface area contributed by atoms with Gasteiger partial charge in [0.25, 0.3) is 5.91 Å². The van der Waals surface area contributed by atoms with Gasteiger partial charge in [0.2, 0.25) is 5.89 Å². The molecule has 1 fully saturated rings. The molecule has 0 atom stereocenters. The summed E-state index contributed by atoms with van der Waals surface area (Å²) in [5.74, 6) is 0.324. The fraction of sp³-hybridized carbons (Fsp3) is 0.273. The highest BCUT2D eigenvalue weighted by Gasteiger charge is 2.29. The number of hydrogen-bond donors (Lipinski definition) is 1. The first-order valence-electron chi connectivity index (χ1n) is 5.60. The summed E-state index contributed by atoms with van der Waals surface area (Å²) in [6.45, 7) is 0. The summed E-state index contributed by atoms with van der Waals surface area (Å²) in [6, 6.07) is 3.03. The number of aromatic nitrogens is 3.